The Hall–Kier alpha value is -1.77. The Morgan fingerprint density at radius 1 is 1.40 bits per heavy atom. The average Bonchev–Trinajstić information content (AvgIpc) is 2.93. The van der Waals surface area contributed by atoms with Crippen molar-refractivity contribution in [2.24, 2.45) is 0 Å². The zero-order chi connectivity index (χ0) is 14.4. The van der Waals surface area contributed by atoms with E-state index in [9.17, 15) is 5.26 Å². The Bertz CT molecular complexity index is 498. The monoisotopic (exact) mass is 276 g/mol. The van der Waals surface area contributed by atoms with E-state index in [4.69, 9.17) is 14.6 Å². The minimum atomic E-state index is -0.578. The molecule has 1 aliphatic heterocycles. The Morgan fingerprint density at radius 2 is 2.20 bits per heavy atom. The minimum Gasteiger partial charge on any atom is -0.454 e. The molecule has 0 radical (unpaired) electrons. The lowest BCUT2D eigenvalue weighted by atomic mass is 9.94. The maximum atomic E-state index is 9.30. The van der Waals surface area contributed by atoms with Crippen LogP contribution in [0.25, 0.3) is 0 Å². The van der Waals surface area contributed by atoms with Gasteiger partial charge in [0.05, 0.1) is 6.07 Å². The third-order valence-corrected chi connectivity index (χ3v) is 3.45. The number of aryl methyl sites for hydroxylation is 1. The molecule has 0 aliphatic carbocycles. The first kappa shape index (κ1) is 14.6. The van der Waals surface area contributed by atoms with Crippen LogP contribution in [0.5, 0.6) is 11.5 Å². The molecule has 1 aliphatic rings. The maximum Gasteiger partial charge on any atom is 0.231 e. The lowest BCUT2D eigenvalue weighted by Crippen LogP contribution is -2.42. The molecule has 20 heavy (non-hydrogen) atoms. The largest absolute Gasteiger partial charge is 0.454 e. The first-order chi connectivity index (χ1) is 9.67. The summed E-state index contributed by atoms with van der Waals surface area (Å²) in [6, 6.07) is 8.18. The molecule has 0 amide bonds. The van der Waals surface area contributed by atoms with E-state index >= 15 is 0 Å². The van der Waals surface area contributed by atoms with Crippen molar-refractivity contribution < 1.29 is 14.6 Å². The standard InChI is InChI=1S/C15H20N2O3/c1-15(10-16,17-7-2-8-18)6-5-12-3-4-13-14(9-12)20-11-19-13/h3-4,9,17-18H,2,5-8,11H2,1H3. The molecule has 5 heteroatoms. The zero-order valence-corrected chi connectivity index (χ0v) is 11.7. The van der Waals surface area contributed by atoms with Gasteiger partial charge in [0.2, 0.25) is 6.79 Å². The molecule has 0 bridgehead atoms. The van der Waals surface area contributed by atoms with Gasteiger partial charge >= 0.3 is 0 Å². The maximum absolute atomic E-state index is 9.30. The van der Waals surface area contributed by atoms with E-state index in [1.807, 2.05) is 25.1 Å². The fourth-order valence-electron chi connectivity index (χ4n) is 2.12. The van der Waals surface area contributed by atoms with Crippen LogP contribution >= 0.6 is 0 Å². The highest BCUT2D eigenvalue weighted by molar-refractivity contribution is 5.44. The summed E-state index contributed by atoms with van der Waals surface area (Å²) in [5.74, 6) is 1.55. The quantitative estimate of drug-likeness (QED) is 0.740. The third-order valence-electron chi connectivity index (χ3n) is 3.45. The van der Waals surface area contributed by atoms with Crippen LogP contribution < -0.4 is 14.8 Å². The number of nitriles is 1. The summed E-state index contributed by atoms with van der Waals surface area (Å²) in [6.07, 6.45) is 2.14. The van der Waals surface area contributed by atoms with Crippen LogP contribution in [0.4, 0.5) is 0 Å². The highest BCUT2D eigenvalue weighted by Crippen LogP contribution is 2.33. The van der Waals surface area contributed by atoms with Crippen molar-refractivity contribution in [3.05, 3.63) is 23.8 Å². The molecule has 0 fully saturated rings. The van der Waals surface area contributed by atoms with Crippen LogP contribution in [0.2, 0.25) is 0 Å². The van der Waals surface area contributed by atoms with Crippen molar-refractivity contribution in [2.45, 2.75) is 31.7 Å². The van der Waals surface area contributed by atoms with E-state index in [1.54, 1.807) is 0 Å². The van der Waals surface area contributed by atoms with Gasteiger partial charge < -0.3 is 14.6 Å². The molecule has 1 unspecified atom stereocenters. The minimum absolute atomic E-state index is 0.136. The first-order valence-corrected chi connectivity index (χ1v) is 6.82. The number of benzene rings is 1. The summed E-state index contributed by atoms with van der Waals surface area (Å²) in [5, 5.41) is 21.3. The van der Waals surface area contributed by atoms with Gasteiger partial charge in [0.1, 0.15) is 5.54 Å². The Morgan fingerprint density at radius 3 is 2.95 bits per heavy atom. The molecule has 1 aromatic carbocycles. The number of fused-ring (bicyclic) bond motifs is 1. The topological polar surface area (TPSA) is 74.5 Å². The molecule has 108 valence electrons. The second kappa shape index (κ2) is 6.60. The Kier molecular flexibility index (Phi) is 4.83. The number of aliphatic hydroxyl groups is 1. The molecule has 2 rings (SSSR count). The summed E-state index contributed by atoms with van der Waals surface area (Å²) < 4.78 is 10.6. The van der Waals surface area contributed by atoms with Crippen molar-refractivity contribution >= 4 is 0 Å². The highest BCUT2D eigenvalue weighted by Gasteiger charge is 2.23. The predicted octanol–water partition coefficient (Wildman–Crippen LogP) is 1.60. The van der Waals surface area contributed by atoms with E-state index in [1.165, 1.54) is 0 Å². The third kappa shape index (κ3) is 3.62. The number of nitrogens with one attached hydrogen (secondary N) is 1. The van der Waals surface area contributed by atoms with Crippen LogP contribution in [0.1, 0.15) is 25.3 Å². The lowest BCUT2D eigenvalue weighted by molar-refractivity contribution is 0.174. The van der Waals surface area contributed by atoms with Gasteiger partial charge in [-0.3, -0.25) is 5.32 Å². The molecular formula is C15H20N2O3. The van der Waals surface area contributed by atoms with Gasteiger partial charge in [0, 0.05) is 6.61 Å². The predicted molar refractivity (Wildman–Crippen MR) is 74.6 cm³/mol. The molecule has 1 heterocycles. The molecule has 5 nitrogen and oxygen atoms in total. The fraction of sp³-hybridized carbons (Fsp3) is 0.533. The second-order valence-electron chi connectivity index (χ2n) is 5.14. The summed E-state index contributed by atoms with van der Waals surface area (Å²) in [6.45, 7) is 2.94. The highest BCUT2D eigenvalue weighted by atomic mass is 16.7. The molecule has 1 aromatic rings. The van der Waals surface area contributed by atoms with Crippen LogP contribution in [0.3, 0.4) is 0 Å². The van der Waals surface area contributed by atoms with Crippen LogP contribution in [-0.4, -0.2) is 30.6 Å². The van der Waals surface area contributed by atoms with Crippen molar-refractivity contribution in [3.8, 4) is 17.6 Å². The average molecular weight is 276 g/mol. The second-order valence-corrected chi connectivity index (χ2v) is 5.14. The van der Waals surface area contributed by atoms with Gasteiger partial charge in [-0.2, -0.15) is 5.26 Å². The molecule has 0 aromatic heterocycles. The van der Waals surface area contributed by atoms with Crippen molar-refractivity contribution in [1.82, 2.24) is 5.32 Å². The van der Waals surface area contributed by atoms with Crippen LogP contribution in [0, 0.1) is 11.3 Å². The SMILES string of the molecule is CC(C#N)(CCc1ccc2c(c1)OCO2)NCCCO. The van der Waals surface area contributed by atoms with E-state index in [0.29, 0.717) is 19.4 Å². The van der Waals surface area contributed by atoms with Crippen molar-refractivity contribution in [3.63, 3.8) is 0 Å². The van der Waals surface area contributed by atoms with Gasteiger partial charge in [0.15, 0.2) is 11.5 Å². The summed E-state index contributed by atoms with van der Waals surface area (Å²) in [4.78, 5) is 0. The Balaban J connectivity index is 1.91. The van der Waals surface area contributed by atoms with Crippen molar-refractivity contribution in [2.75, 3.05) is 19.9 Å². The van der Waals surface area contributed by atoms with Gasteiger partial charge in [-0.1, -0.05) is 6.07 Å². The number of nitrogens with zero attached hydrogens (tertiary/aromatic N) is 1. The smallest absolute Gasteiger partial charge is 0.231 e. The van der Waals surface area contributed by atoms with Crippen LogP contribution in [0.15, 0.2) is 18.2 Å². The van der Waals surface area contributed by atoms with Gasteiger partial charge in [-0.25, -0.2) is 0 Å². The summed E-state index contributed by atoms with van der Waals surface area (Å²) in [5.41, 5.74) is 0.547. The number of aliphatic hydroxyl groups excluding tert-OH is 1. The molecule has 2 N–H and O–H groups in total. The molecule has 0 saturated carbocycles. The van der Waals surface area contributed by atoms with E-state index in [2.05, 4.69) is 11.4 Å². The van der Waals surface area contributed by atoms with Crippen LogP contribution in [-0.2, 0) is 6.42 Å². The lowest BCUT2D eigenvalue weighted by Gasteiger charge is -2.23. The number of hydrogen-bond donors (Lipinski definition) is 2. The first-order valence-electron chi connectivity index (χ1n) is 6.82. The van der Waals surface area contributed by atoms with E-state index < -0.39 is 5.54 Å². The summed E-state index contributed by atoms with van der Waals surface area (Å²) >= 11 is 0. The normalized spacial score (nSPS) is 15.7. The number of hydrogen-bond acceptors (Lipinski definition) is 5. The molecule has 0 saturated heterocycles. The van der Waals surface area contributed by atoms with E-state index in [-0.39, 0.29) is 13.4 Å². The van der Waals surface area contributed by atoms with Gasteiger partial charge in [0.25, 0.3) is 0 Å². The number of rotatable bonds is 7. The molecule has 0 spiro atoms. The number of ether oxygens (including phenoxy) is 2. The fourth-order valence-corrected chi connectivity index (χ4v) is 2.12. The van der Waals surface area contributed by atoms with Gasteiger partial charge in [-0.05, 0) is 50.4 Å². The molecule has 1 atom stereocenters. The van der Waals surface area contributed by atoms with E-state index in [0.717, 1.165) is 23.5 Å². The Labute approximate surface area is 119 Å². The zero-order valence-electron chi connectivity index (χ0n) is 11.7. The van der Waals surface area contributed by atoms with Gasteiger partial charge in [-0.15, -0.1) is 0 Å². The summed E-state index contributed by atoms with van der Waals surface area (Å²) in [7, 11) is 0. The molecular weight excluding hydrogens is 256 g/mol. The van der Waals surface area contributed by atoms with Crippen molar-refractivity contribution in [1.29, 1.82) is 5.26 Å².